The highest BCUT2D eigenvalue weighted by Gasteiger charge is 2.42. The molecule has 2 fully saturated rings. The van der Waals surface area contributed by atoms with E-state index in [1.165, 1.54) is 5.69 Å². The highest BCUT2D eigenvalue weighted by molar-refractivity contribution is 7.80. The van der Waals surface area contributed by atoms with Gasteiger partial charge in [-0.1, -0.05) is 6.07 Å². The van der Waals surface area contributed by atoms with Crippen molar-refractivity contribution in [3.63, 3.8) is 0 Å². The molecular formula is C25H29N5OS. The van der Waals surface area contributed by atoms with Gasteiger partial charge in [0, 0.05) is 56.7 Å². The summed E-state index contributed by atoms with van der Waals surface area (Å²) >= 11 is 5.86. The Morgan fingerprint density at radius 3 is 2.66 bits per heavy atom. The number of anilines is 2. The van der Waals surface area contributed by atoms with Crippen LogP contribution in [0.2, 0.25) is 0 Å². The fraction of sp³-hybridized carbons (Fsp3) is 0.360. The van der Waals surface area contributed by atoms with Gasteiger partial charge in [0.1, 0.15) is 6.04 Å². The van der Waals surface area contributed by atoms with Gasteiger partial charge >= 0.3 is 0 Å². The summed E-state index contributed by atoms with van der Waals surface area (Å²) < 4.78 is 8.26. The number of ether oxygens (including phenoxy) is 1. The minimum absolute atomic E-state index is 0.0148. The number of nitrogens with zero attached hydrogens (tertiary/aromatic N) is 4. The Labute approximate surface area is 194 Å². The fourth-order valence-corrected chi connectivity index (χ4v) is 5.06. The molecule has 2 saturated heterocycles. The molecule has 1 N–H and O–H groups in total. The maximum atomic E-state index is 5.93. The predicted octanol–water partition coefficient (Wildman–Crippen LogP) is 4.31. The first kappa shape index (κ1) is 21.0. The van der Waals surface area contributed by atoms with Gasteiger partial charge in [-0.2, -0.15) is 0 Å². The van der Waals surface area contributed by atoms with E-state index in [9.17, 15) is 0 Å². The smallest absolute Gasteiger partial charge is 0.174 e. The minimum Gasteiger partial charge on any atom is -0.378 e. The Morgan fingerprint density at radius 2 is 1.97 bits per heavy atom. The summed E-state index contributed by atoms with van der Waals surface area (Å²) in [6.45, 7) is 1.71. The van der Waals surface area contributed by atoms with Crippen LogP contribution in [0.5, 0.6) is 0 Å². The van der Waals surface area contributed by atoms with Crippen LogP contribution in [0.15, 0.2) is 67.0 Å². The second-order valence-electron chi connectivity index (χ2n) is 8.63. The molecular weight excluding hydrogens is 418 g/mol. The normalized spacial score (nSPS) is 22.9. The van der Waals surface area contributed by atoms with E-state index < -0.39 is 0 Å². The first-order valence-corrected chi connectivity index (χ1v) is 11.6. The van der Waals surface area contributed by atoms with Crippen LogP contribution >= 0.6 is 12.2 Å². The molecule has 0 spiro atoms. The largest absolute Gasteiger partial charge is 0.378 e. The van der Waals surface area contributed by atoms with E-state index in [1.807, 2.05) is 18.3 Å². The van der Waals surface area contributed by atoms with Crippen molar-refractivity contribution in [2.75, 3.05) is 30.5 Å². The number of hydrogen-bond acceptors (Lipinski definition) is 4. The number of thiocarbonyl (C=S) groups is 1. The maximum Gasteiger partial charge on any atom is 0.174 e. The fourth-order valence-electron chi connectivity index (χ4n) is 4.71. The second-order valence-corrected chi connectivity index (χ2v) is 9.01. The molecule has 0 radical (unpaired) electrons. The predicted molar refractivity (Wildman–Crippen MR) is 132 cm³/mol. The van der Waals surface area contributed by atoms with Gasteiger partial charge in [-0.15, -0.1) is 0 Å². The van der Waals surface area contributed by atoms with Gasteiger partial charge in [0.2, 0.25) is 0 Å². The molecule has 5 rings (SSSR count). The summed E-state index contributed by atoms with van der Waals surface area (Å²) in [5, 5.41) is 4.27. The van der Waals surface area contributed by atoms with Crippen molar-refractivity contribution in [1.82, 2.24) is 14.9 Å². The molecule has 32 heavy (non-hydrogen) atoms. The summed E-state index contributed by atoms with van der Waals surface area (Å²) in [6, 6.07) is 18.9. The van der Waals surface area contributed by atoms with Gasteiger partial charge in [-0.3, -0.25) is 4.98 Å². The molecule has 4 heterocycles. The quantitative estimate of drug-likeness (QED) is 0.569. The molecule has 0 aliphatic carbocycles. The number of aromatic nitrogens is 2. The monoisotopic (exact) mass is 447 g/mol. The number of hydrogen-bond donors (Lipinski definition) is 1. The van der Waals surface area contributed by atoms with Crippen molar-refractivity contribution >= 4 is 28.7 Å². The zero-order chi connectivity index (χ0) is 22.1. The summed E-state index contributed by atoms with van der Waals surface area (Å²) in [7, 11) is 4.10. The Balaban J connectivity index is 1.55. The molecule has 1 aromatic carbocycles. The van der Waals surface area contributed by atoms with Gasteiger partial charge in [0.05, 0.1) is 17.8 Å². The molecule has 0 saturated carbocycles. The van der Waals surface area contributed by atoms with Gasteiger partial charge in [-0.25, -0.2) is 0 Å². The third kappa shape index (κ3) is 3.98. The third-order valence-corrected chi connectivity index (χ3v) is 6.65. The van der Waals surface area contributed by atoms with Crippen molar-refractivity contribution in [2.45, 2.75) is 37.6 Å². The van der Waals surface area contributed by atoms with Crippen LogP contribution in [0.25, 0.3) is 0 Å². The molecule has 2 aromatic heterocycles. The van der Waals surface area contributed by atoms with E-state index in [0.29, 0.717) is 5.11 Å². The van der Waals surface area contributed by atoms with E-state index >= 15 is 0 Å². The highest BCUT2D eigenvalue weighted by atomic mass is 32.1. The lowest BCUT2D eigenvalue weighted by Gasteiger charge is -2.29. The lowest BCUT2D eigenvalue weighted by Crippen LogP contribution is -2.31. The summed E-state index contributed by atoms with van der Waals surface area (Å²) in [5.74, 6) is 0. The van der Waals surface area contributed by atoms with E-state index in [2.05, 4.69) is 87.4 Å². The topological polar surface area (TPSA) is 45.6 Å². The lowest BCUT2D eigenvalue weighted by molar-refractivity contribution is 0.0961. The van der Waals surface area contributed by atoms with Crippen molar-refractivity contribution < 1.29 is 4.74 Å². The van der Waals surface area contributed by atoms with Crippen LogP contribution < -0.4 is 15.1 Å². The molecule has 6 nitrogen and oxygen atoms in total. The molecule has 7 heteroatoms. The molecule has 0 amide bonds. The Bertz CT molecular complexity index is 1060. The molecule has 2 aliphatic rings. The van der Waals surface area contributed by atoms with Crippen LogP contribution in [0.3, 0.4) is 0 Å². The molecule has 2 aliphatic heterocycles. The van der Waals surface area contributed by atoms with E-state index in [-0.39, 0.29) is 18.2 Å². The number of pyridine rings is 1. The maximum absolute atomic E-state index is 5.93. The van der Waals surface area contributed by atoms with E-state index in [0.717, 1.165) is 43.1 Å². The zero-order valence-corrected chi connectivity index (χ0v) is 19.3. The summed E-state index contributed by atoms with van der Waals surface area (Å²) in [4.78, 5) is 9.00. The van der Waals surface area contributed by atoms with Gasteiger partial charge < -0.3 is 24.4 Å². The highest BCUT2D eigenvalue weighted by Crippen LogP contribution is 2.42. The summed E-state index contributed by atoms with van der Waals surface area (Å²) in [6.07, 6.45) is 6.51. The number of benzene rings is 1. The first-order chi connectivity index (χ1) is 15.6. The molecule has 0 bridgehead atoms. The number of rotatable bonds is 6. The van der Waals surface area contributed by atoms with Gasteiger partial charge in [-0.05, 0) is 73.6 Å². The average Bonchev–Trinajstić information content (AvgIpc) is 3.55. The van der Waals surface area contributed by atoms with Crippen LogP contribution in [-0.4, -0.2) is 41.5 Å². The van der Waals surface area contributed by atoms with Crippen LogP contribution in [-0.2, 0) is 11.3 Å². The van der Waals surface area contributed by atoms with Crippen molar-refractivity contribution in [3.8, 4) is 0 Å². The Hall–Kier alpha value is -2.90. The third-order valence-electron chi connectivity index (χ3n) is 6.33. The standard InChI is InChI=1S/C25H29N5OS/c1-28(2)18-10-12-19(13-11-18)30-24(23(27-25(30)32)21-8-3-4-14-26-21)22-9-5-15-29(22)17-20-7-6-16-31-20/h3-5,8-15,20,23-24H,6-7,16-17H2,1-2H3,(H,27,32)/t20-,23-,24-/m0/s1. The van der Waals surface area contributed by atoms with E-state index in [1.54, 1.807) is 0 Å². The van der Waals surface area contributed by atoms with Gasteiger partial charge in [0.15, 0.2) is 5.11 Å². The molecule has 3 atom stereocenters. The minimum atomic E-state index is -0.0460. The van der Waals surface area contributed by atoms with Crippen LogP contribution in [0.1, 0.15) is 36.3 Å². The lowest BCUT2D eigenvalue weighted by atomic mass is 10.0. The molecule has 3 aromatic rings. The van der Waals surface area contributed by atoms with Crippen molar-refractivity contribution in [2.24, 2.45) is 0 Å². The van der Waals surface area contributed by atoms with E-state index in [4.69, 9.17) is 17.0 Å². The SMILES string of the molecule is CN(C)c1ccc(N2C(=S)N[C@@H](c3ccccn3)[C@@H]2c2cccn2C[C@@H]2CCCO2)cc1. The van der Waals surface area contributed by atoms with Crippen molar-refractivity contribution in [3.05, 3.63) is 78.4 Å². The Kier molecular flexibility index (Phi) is 5.85. The summed E-state index contributed by atoms with van der Waals surface area (Å²) in [5.41, 5.74) is 4.42. The average molecular weight is 448 g/mol. The number of nitrogens with one attached hydrogen (secondary N) is 1. The first-order valence-electron chi connectivity index (χ1n) is 11.2. The van der Waals surface area contributed by atoms with Crippen LogP contribution in [0, 0.1) is 0 Å². The van der Waals surface area contributed by atoms with Gasteiger partial charge in [0.25, 0.3) is 0 Å². The molecule has 166 valence electrons. The molecule has 0 unspecified atom stereocenters. The van der Waals surface area contributed by atoms with Crippen LogP contribution in [0.4, 0.5) is 11.4 Å². The van der Waals surface area contributed by atoms with Crippen molar-refractivity contribution in [1.29, 1.82) is 0 Å². The zero-order valence-electron chi connectivity index (χ0n) is 18.5. The second kappa shape index (κ2) is 8.92. The Morgan fingerprint density at radius 1 is 1.12 bits per heavy atom.